The molecule has 2 atom stereocenters. The summed E-state index contributed by atoms with van der Waals surface area (Å²) in [5.41, 5.74) is 0.537. The summed E-state index contributed by atoms with van der Waals surface area (Å²) in [5.74, 6) is 0.0581. The van der Waals surface area contributed by atoms with Crippen molar-refractivity contribution < 1.29 is 4.79 Å². The molecule has 2 bridgehead atoms. The fourth-order valence-corrected chi connectivity index (χ4v) is 2.82. The molecular formula is C11H15N4O. The third-order valence-corrected chi connectivity index (χ3v) is 3.78. The normalized spacial score (nSPS) is 38.4. The van der Waals surface area contributed by atoms with Crippen LogP contribution in [0.4, 0.5) is 0 Å². The molecule has 0 aromatic heterocycles. The van der Waals surface area contributed by atoms with Gasteiger partial charge in [0, 0.05) is 31.1 Å². The van der Waals surface area contributed by atoms with Gasteiger partial charge in [-0.3, -0.25) is 9.79 Å². The maximum Gasteiger partial charge on any atom is 0.199 e. The highest BCUT2D eigenvalue weighted by molar-refractivity contribution is 6.44. The molecule has 0 aliphatic carbocycles. The Morgan fingerprint density at radius 3 is 3.12 bits per heavy atom. The van der Waals surface area contributed by atoms with E-state index < -0.39 is 0 Å². The van der Waals surface area contributed by atoms with Crippen molar-refractivity contribution in [2.75, 3.05) is 26.2 Å². The monoisotopic (exact) mass is 219 g/mol. The molecule has 0 aromatic rings. The van der Waals surface area contributed by atoms with Crippen LogP contribution in [0.1, 0.15) is 12.8 Å². The lowest BCUT2D eigenvalue weighted by Gasteiger charge is -2.37. The molecule has 4 rings (SSSR count). The molecule has 4 aliphatic heterocycles. The molecule has 0 spiro atoms. The molecule has 5 heteroatoms. The quantitative estimate of drug-likeness (QED) is 0.610. The Morgan fingerprint density at radius 2 is 2.38 bits per heavy atom. The van der Waals surface area contributed by atoms with E-state index in [-0.39, 0.29) is 17.7 Å². The van der Waals surface area contributed by atoms with Gasteiger partial charge in [0.15, 0.2) is 12.1 Å². The van der Waals surface area contributed by atoms with Gasteiger partial charge in [-0.25, -0.2) is 4.99 Å². The maximum absolute atomic E-state index is 11.9. The van der Waals surface area contributed by atoms with Crippen molar-refractivity contribution >= 4 is 17.8 Å². The summed E-state index contributed by atoms with van der Waals surface area (Å²) >= 11 is 0. The van der Waals surface area contributed by atoms with E-state index in [9.17, 15) is 4.79 Å². The van der Waals surface area contributed by atoms with Crippen LogP contribution in [0.5, 0.6) is 0 Å². The largest absolute Gasteiger partial charge is 0.314 e. The Morgan fingerprint density at radius 1 is 1.44 bits per heavy atom. The maximum atomic E-state index is 11.9. The van der Waals surface area contributed by atoms with Gasteiger partial charge >= 0.3 is 0 Å². The van der Waals surface area contributed by atoms with Gasteiger partial charge in [0.1, 0.15) is 6.54 Å². The van der Waals surface area contributed by atoms with Crippen molar-refractivity contribution in [3.05, 3.63) is 0 Å². The second kappa shape index (κ2) is 3.75. The lowest BCUT2D eigenvalue weighted by Crippen LogP contribution is -2.52. The molecule has 4 heterocycles. The van der Waals surface area contributed by atoms with E-state index in [1.807, 2.05) is 0 Å². The minimum atomic E-state index is -0.132. The Bertz CT molecular complexity index is 361. The number of carbonyl (C=O) groups excluding carboxylic acids is 1. The first-order valence-electron chi connectivity index (χ1n) is 5.77. The van der Waals surface area contributed by atoms with Crippen LogP contribution in [-0.2, 0) is 4.79 Å². The molecule has 3 saturated heterocycles. The highest BCUT2D eigenvalue weighted by atomic mass is 16.1. The number of ketones is 1. The average molecular weight is 219 g/mol. The van der Waals surface area contributed by atoms with Gasteiger partial charge in [-0.2, -0.15) is 0 Å². The van der Waals surface area contributed by atoms with Gasteiger partial charge in [0.05, 0.1) is 5.71 Å². The summed E-state index contributed by atoms with van der Waals surface area (Å²) in [7, 11) is 0. The smallest absolute Gasteiger partial charge is 0.199 e. The lowest BCUT2D eigenvalue weighted by molar-refractivity contribution is -0.112. The fraction of sp³-hybridized carbons (Fsp3) is 0.727. The van der Waals surface area contributed by atoms with Crippen LogP contribution in [0.25, 0.3) is 0 Å². The Balaban J connectivity index is 1.94. The number of piperidine rings is 1. The zero-order valence-corrected chi connectivity index (χ0v) is 9.12. The predicted molar refractivity (Wildman–Crippen MR) is 61.1 cm³/mol. The number of rotatable bonds is 1. The molecule has 2 unspecified atom stereocenters. The Labute approximate surface area is 94.4 Å². The number of Topliss-reactive ketones (excluding diaryl/α,β-unsaturated/α-hetero) is 1. The van der Waals surface area contributed by atoms with E-state index in [1.54, 1.807) is 0 Å². The second-order valence-electron chi connectivity index (χ2n) is 4.83. The summed E-state index contributed by atoms with van der Waals surface area (Å²) in [5, 5.41) is 6.90. The molecular weight excluding hydrogens is 204 g/mol. The van der Waals surface area contributed by atoms with Crippen LogP contribution in [0.15, 0.2) is 9.98 Å². The van der Waals surface area contributed by atoms with Crippen LogP contribution in [-0.4, -0.2) is 50.1 Å². The van der Waals surface area contributed by atoms with Gasteiger partial charge in [-0.05, 0) is 12.8 Å². The van der Waals surface area contributed by atoms with Crippen LogP contribution in [0.2, 0.25) is 0 Å². The van der Waals surface area contributed by atoms with E-state index >= 15 is 0 Å². The van der Waals surface area contributed by atoms with Crippen molar-refractivity contribution in [2.24, 2.45) is 15.4 Å². The number of hydrogen-bond acceptors (Lipinski definition) is 5. The van der Waals surface area contributed by atoms with Crippen molar-refractivity contribution in [1.82, 2.24) is 10.6 Å². The minimum Gasteiger partial charge on any atom is -0.314 e. The zero-order chi connectivity index (χ0) is 11.0. The number of carbonyl (C=O) groups is 1. The molecule has 3 fully saturated rings. The second-order valence-corrected chi connectivity index (χ2v) is 4.83. The zero-order valence-electron chi connectivity index (χ0n) is 9.12. The molecule has 2 N–H and O–H groups in total. The molecule has 0 aromatic carbocycles. The molecule has 1 radical (unpaired) electrons. The van der Waals surface area contributed by atoms with Gasteiger partial charge < -0.3 is 10.6 Å². The van der Waals surface area contributed by atoms with Crippen molar-refractivity contribution in [1.29, 1.82) is 0 Å². The molecule has 85 valence electrons. The molecule has 0 amide bonds. The van der Waals surface area contributed by atoms with E-state index in [2.05, 4.69) is 27.0 Å². The van der Waals surface area contributed by atoms with Crippen LogP contribution >= 0.6 is 0 Å². The van der Waals surface area contributed by atoms with E-state index in [0.29, 0.717) is 11.8 Å². The topological polar surface area (TPSA) is 65.8 Å². The lowest BCUT2D eigenvalue weighted by atomic mass is 9.74. The summed E-state index contributed by atoms with van der Waals surface area (Å²) in [4.78, 5) is 19.8. The van der Waals surface area contributed by atoms with Crippen LogP contribution < -0.4 is 10.6 Å². The number of aliphatic imine (C=N–C) groups is 2. The van der Waals surface area contributed by atoms with Gasteiger partial charge in [-0.1, -0.05) is 0 Å². The standard InChI is InChI=1S/C11H15N4O/c16-9-4-13-7-15-10(9)11-2-1-8(14-6-11)3-12-5-11/h8,12,14H,1-6H2. The van der Waals surface area contributed by atoms with Crippen molar-refractivity contribution in [3.63, 3.8) is 0 Å². The first-order valence-corrected chi connectivity index (χ1v) is 5.77. The highest BCUT2D eigenvalue weighted by Gasteiger charge is 2.44. The molecule has 16 heavy (non-hydrogen) atoms. The van der Waals surface area contributed by atoms with Gasteiger partial charge in [0.2, 0.25) is 0 Å². The SMILES string of the molecule is O=C1CN=[C]N=C1C12CCC(CNC1)NC2. The molecule has 4 aliphatic rings. The highest BCUT2D eigenvalue weighted by Crippen LogP contribution is 2.32. The predicted octanol–water partition coefficient (Wildman–Crippen LogP) is -0.743. The summed E-state index contributed by atoms with van der Waals surface area (Å²) < 4.78 is 0. The third kappa shape index (κ3) is 1.51. The van der Waals surface area contributed by atoms with E-state index in [0.717, 1.165) is 32.5 Å². The molecule has 0 saturated carbocycles. The fourth-order valence-electron chi connectivity index (χ4n) is 2.82. The third-order valence-electron chi connectivity index (χ3n) is 3.78. The number of nitrogens with one attached hydrogen (secondary N) is 2. The minimum absolute atomic E-state index is 0.0581. The van der Waals surface area contributed by atoms with Crippen LogP contribution in [0, 0.1) is 5.41 Å². The van der Waals surface area contributed by atoms with Gasteiger partial charge in [-0.15, -0.1) is 0 Å². The van der Waals surface area contributed by atoms with Gasteiger partial charge in [0.25, 0.3) is 0 Å². The van der Waals surface area contributed by atoms with Crippen LogP contribution in [0.3, 0.4) is 0 Å². The van der Waals surface area contributed by atoms with Crippen molar-refractivity contribution in [2.45, 2.75) is 18.9 Å². The number of hydrogen-bond donors (Lipinski definition) is 2. The van der Waals surface area contributed by atoms with E-state index in [4.69, 9.17) is 0 Å². The Kier molecular flexibility index (Phi) is 2.37. The summed E-state index contributed by atoms with van der Waals surface area (Å²) in [6, 6.07) is 0.549. The average Bonchev–Trinajstić information content (AvgIpc) is 2.63. The summed E-state index contributed by atoms with van der Waals surface area (Å²) in [6.07, 6.45) is 4.74. The molecule has 5 nitrogen and oxygen atoms in total. The first kappa shape index (κ1) is 10.1. The van der Waals surface area contributed by atoms with Crippen molar-refractivity contribution in [3.8, 4) is 0 Å². The number of nitrogens with zero attached hydrogens (tertiary/aromatic N) is 2. The Hall–Kier alpha value is -1.07. The number of fused-ring (bicyclic) bond motifs is 4. The first-order chi connectivity index (χ1) is 7.80. The van der Waals surface area contributed by atoms with E-state index in [1.165, 1.54) is 0 Å². The summed E-state index contributed by atoms with van der Waals surface area (Å²) in [6.45, 7) is 2.88.